The number of benzene rings is 1. The van der Waals surface area contributed by atoms with Gasteiger partial charge in [0.05, 0.1) is 6.61 Å². The van der Waals surface area contributed by atoms with E-state index in [1.54, 1.807) is 40.1 Å². The minimum Gasteiger partial charge on any atom is -0.421 e. The first-order valence-electron chi connectivity index (χ1n) is 6.63. The predicted molar refractivity (Wildman–Crippen MR) is 85.8 cm³/mol. The van der Waals surface area contributed by atoms with Crippen molar-refractivity contribution in [1.29, 1.82) is 0 Å². The number of aryl methyl sites for hydroxylation is 1. The highest BCUT2D eigenvalue weighted by Crippen LogP contribution is 2.50. The highest BCUT2D eigenvalue weighted by molar-refractivity contribution is 7.51. The Morgan fingerprint density at radius 2 is 2.05 bits per heavy atom. The molecule has 22 heavy (non-hydrogen) atoms. The summed E-state index contributed by atoms with van der Waals surface area (Å²) in [5, 5.41) is 0.738. The molecule has 0 amide bonds. The Kier molecular flexibility index (Phi) is 4.97. The Bertz CT molecular complexity index is 802. The fraction of sp³-hybridized carbons (Fsp3) is 0.357. The summed E-state index contributed by atoms with van der Waals surface area (Å²) in [6.45, 7) is 3.70. The van der Waals surface area contributed by atoms with E-state index in [2.05, 4.69) is 0 Å². The number of hydrogen-bond donors (Lipinski definition) is 0. The quantitative estimate of drug-likeness (QED) is 0.605. The Labute approximate surface area is 133 Å². The zero-order valence-corrected chi connectivity index (χ0v) is 14.4. The third-order valence-corrected chi connectivity index (χ3v) is 5.51. The van der Waals surface area contributed by atoms with Crippen molar-refractivity contribution in [3.8, 4) is 5.75 Å². The molecule has 0 radical (unpaired) electrons. The monoisotopic (exact) mass is 345 g/mol. The van der Waals surface area contributed by atoms with Crippen molar-refractivity contribution in [2.75, 3.05) is 20.7 Å². The van der Waals surface area contributed by atoms with E-state index in [4.69, 9.17) is 25.1 Å². The number of fused-ring (bicyclic) bond motifs is 1. The number of nitrogens with zero attached hydrogens (tertiary/aromatic N) is 1. The topological polar surface area (TPSA) is 69.0 Å². The number of hydrogen-bond acceptors (Lipinski definition) is 5. The Morgan fingerprint density at radius 1 is 1.36 bits per heavy atom. The number of rotatable bonds is 5. The summed E-state index contributed by atoms with van der Waals surface area (Å²) in [5.41, 5.74) is 0.315. The molecule has 0 N–H and O–H groups in total. The van der Waals surface area contributed by atoms with Crippen LogP contribution >= 0.6 is 19.3 Å². The molecule has 1 heterocycles. The zero-order valence-electron chi connectivity index (χ0n) is 12.8. The molecule has 0 saturated carbocycles. The Hall–Kier alpha value is -1.33. The largest absolute Gasteiger partial charge is 0.460 e. The lowest BCUT2D eigenvalue weighted by molar-refractivity contribution is 0.239. The second-order valence-electron chi connectivity index (χ2n) is 4.81. The van der Waals surface area contributed by atoms with Crippen molar-refractivity contribution in [2.45, 2.75) is 13.8 Å². The van der Waals surface area contributed by atoms with E-state index in [0.717, 1.165) is 0 Å². The Balaban J connectivity index is 2.48. The van der Waals surface area contributed by atoms with Gasteiger partial charge in [-0.3, -0.25) is 4.52 Å². The molecule has 2 aromatic rings. The fourth-order valence-electron chi connectivity index (χ4n) is 1.89. The van der Waals surface area contributed by atoms with Gasteiger partial charge in [-0.15, -0.1) is 0 Å². The summed E-state index contributed by atoms with van der Waals surface area (Å²) in [5.74, 6) is 0.280. The van der Waals surface area contributed by atoms with Gasteiger partial charge in [0, 0.05) is 11.5 Å². The average molecular weight is 346 g/mol. The molecule has 0 fully saturated rings. The van der Waals surface area contributed by atoms with Crippen molar-refractivity contribution in [1.82, 2.24) is 4.67 Å². The molecule has 120 valence electrons. The molecule has 1 aromatic heterocycles. The summed E-state index contributed by atoms with van der Waals surface area (Å²) >= 11 is 5.88. The highest BCUT2D eigenvalue weighted by atomic mass is 35.5. The first-order chi connectivity index (χ1) is 10.3. The van der Waals surface area contributed by atoms with Crippen LogP contribution in [0.4, 0.5) is 0 Å². The molecule has 0 aliphatic carbocycles. The van der Waals surface area contributed by atoms with Gasteiger partial charge in [-0.25, -0.2) is 14.0 Å². The second kappa shape index (κ2) is 6.42. The first-order valence-corrected chi connectivity index (χ1v) is 8.50. The second-order valence-corrected chi connectivity index (χ2v) is 7.37. The predicted octanol–water partition coefficient (Wildman–Crippen LogP) is 3.84. The summed E-state index contributed by atoms with van der Waals surface area (Å²) in [6, 6.07) is 4.82. The normalized spacial score (nSPS) is 14.3. The highest BCUT2D eigenvalue weighted by Gasteiger charge is 2.29. The molecule has 0 aliphatic rings. The lowest BCUT2D eigenvalue weighted by Crippen LogP contribution is -2.15. The van der Waals surface area contributed by atoms with Crippen LogP contribution in [0.5, 0.6) is 5.75 Å². The molecule has 1 aromatic carbocycles. The molecule has 8 heteroatoms. The maximum atomic E-state index is 12.6. The van der Waals surface area contributed by atoms with Gasteiger partial charge in [0.15, 0.2) is 0 Å². The lowest BCUT2D eigenvalue weighted by Gasteiger charge is -2.23. The molecule has 1 unspecified atom stereocenters. The van der Waals surface area contributed by atoms with Crippen LogP contribution < -0.4 is 10.1 Å². The third-order valence-electron chi connectivity index (χ3n) is 3.07. The van der Waals surface area contributed by atoms with E-state index < -0.39 is 13.4 Å². The molecular weight excluding hydrogens is 329 g/mol. The van der Waals surface area contributed by atoms with Crippen molar-refractivity contribution < 1.29 is 18.0 Å². The van der Waals surface area contributed by atoms with Crippen LogP contribution in [-0.4, -0.2) is 25.4 Å². The van der Waals surface area contributed by atoms with Crippen LogP contribution in [-0.2, 0) is 9.09 Å². The molecule has 0 spiro atoms. The van der Waals surface area contributed by atoms with E-state index in [0.29, 0.717) is 16.5 Å². The molecular formula is C14H17ClNO5P. The van der Waals surface area contributed by atoms with Gasteiger partial charge in [0.2, 0.25) is 0 Å². The first kappa shape index (κ1) is 17.0. The summed E-state index contributed by atoms with van der Waals surface area (Å²) in [7, 11) is -0.239. The van der Waals surface area contributed by atoms with E-state index in [-0.39, 0.29) is 17.4 Å². The zero-order chi connectivity index (χ0) is 16.5. The van der Waals surface area contributed by atoms with Gasteiger partial charge < -0.3 is 8.94 Å². The van der Waals surface area contributed by atoms with Gasteiger partial charge in [-0.2, -0.15) is 0 Å². The molecule has 1 atom stereocenters. The van der Waals surface area contributed by atoms with Crippen LogP contribution in [0.15, 0.2) is 27.4 Å². The van der Waals surface area contributed by atoms with Gasteiger partial charge >= 0.3 is 13.4 Å². The van der Waals surface area contributed by atoms with Crippen LogP contribution in [0.1, 0.15) is 12.5 Å². The molecule has 0 saturated heterocycles. The van der Waals surface area contributed by atoms with Gasteiger partial charge in [0.1, 0.15) is 16.4 Å². The lowest BCUT2D eigenvalue weighted by atomic mass is 10.1. The minimum atomic E-state index is -3.44. The average Bonchev–Trinajstić information content (AvgIpc) is 2.45. The Morgan fingerprint density at radius 3 is 2.64 bits per heavy atom. The SMILES string of the molecule is CCOP(=O)(Oc1ccc2c(C)c(Cl)c(=O)oc2c1)N(C)C. The van der Waals surface area contributed by atoms with Crippen LogP contribution in [0, 0.1) is 6.92 Å². The van der Waals surface area contributed by atoms with E-state index in [1.165, 1.54) is 10.7 Å². The fourth-order valence-corrected chi connectivity index (χ4v) is 3.18. The van der Waals surface area contributed by atoms with Gasteiger partial charge in [-0.05, 0) is 45.6 Å². The summed E-state index contributed by atoms with van der Waals surface area (Å²) in [4.78, 5) is 11.6. The van der Waals surface area contributed by atoms with E-state index in [9.17, 15) is 9.36 Å². The molecule has 0 aliphatic heterocycles. The van der Waals surface area contributed by atoms with Gasteiger partial charge in [-0.1, -0.05) is 11.6 Å². The van der Waals surface area contributed by atoms with Crippen LogP contribution in [0.2, 0.25) is 5.02 Å². The summed E-state index contributed by atoms with van der Waals surface area (Å²) < 4.78 is 29.8. The van der Waals surface area contributed by atoms with Crippen molar-refractivity contribution in [2.24, 2.45) is 0 Å². The molecule has 0 bridgehead atoms. The third kappa shape index (κ3) is 3.20. The van der Waals surface area contributed by atoms with E-state index in [1.807, 2.05) is 0 Å². The standard InChI is InChI=1S/C14H17ClNO5P/c1-5-19-22(18,16(3)4)21-10-6-7-11-9(2)13(15)14(17)20-12(11)8-10/h6-8H,5H2,1-4H3. The van der Waals surface area contributed by atoms with Gasteiger partial charge in [0.25, 0.3) is 0 Å². The number of halogens is 1. The molecule has 2 rings (SSSR count). The van der Waals surface area contributed by atoms with Crippen molar-refractivity contribution in [3.05, 3.63) is 39.2 Å². The maximum Gasteiger partial charge on any atom is 0.460 e. The maximum absolute atomic E-state index is 12.6. The van der Waals surface area contributed by atoms with Crippen LogP contribution in [0.25, 0.3) is 11.0 Å². The van der Waals surface area contributed by atoms with Crippen molar-refractivity contribution >= 4 is 30.3 Å². The van der Waals surface area contributed by atoms with E-state index >= 15 is 0 Å². The van der Waals surface area contributed by atoms with Crippen molar-refractivity contribution in [3.63, 3.8) is 0 Å². The summed E-state index contributed by atoms with van der Waals surface area (Å²) in [6.07, 6.45) is 0. The van der Waals surface area contributed by atoms with Crippen LogP contribution in [0.3, 0.4) is 0 Å². The molecule has 6 nitrogen and oxygen atoms in total. The smallest absolute Gasteiger partial charge is 0.421 e. The minimum absolute atomic E-state index is 0.0504.